The molecule has 0 bridgehead atoms. The Labute approximate surface area is 124 Å². The van der Waals surface area contributed by atoms with Crippen LogP contribution in [0.4, 0.5) is 0 Å². The molecule has 0 radical (unpaired) electrons. The van der Waals surface area contributed by atoms with E-state index in [1.807, 2.05) is 18.3 Å². The highest BCUT2D eigenvalue weighted by Crippen LogP contribution is 2.24. The third-order valence-corrected chi connectivity index (χ3v) is 4.58. The van der Waals surface area contributed by atoms with Gasteiger partial charge in [-0.3, -0.25) is 9.59 Å². The molecule has 0 spiro atoms. The van der Waals surface area contributed by atoms with Crippen LogP contribution in [-0.4, -0.2) is 47.5 Å². The van der Waals surface area contributed by atoms with Gasteiger partial charge in [0, 0.05) is 25.3 Å². The summed E-state index contributed by atoms with van der Waals surface area (Å²) < 4.78 is 2.10. The molecule has 6 heteroatoms. The van der Waals surface area contributed by atoms with E-state index in [-0.39, 0.29) is 17.7 Å². The van der Waals surface area contributed by atoms with E-state index in [0.29, 0.717) is 25.6 Å². The zero-order valence-electron chi connectivity index (χ0n) is 12.1. The molecule has 1 unspecified atom stereocenters. The molecule has 2 saturated heterocycles. The number of likely N-dealkylation sites (tertiary alicyclic amines) is 1. The van der Waals surface area contributed by atoms with E-state index in [0.717, 1.165) is 31.6 Å². The second-order valence-electron chi connectivity index (χ2n) is 5.92. The average Bonchev–Trinajstić information content (AvgIpc) is 3.17. The summed E-state index contributed by atoms with van der Waals surface area (Å²) in [6.07, 6.45) is 4.75. The van der Waals surface area contributed by atoms with Gasteiger partial charge in [-0.15, -0.1) is 0 Å². The summed E-state index contributed by atoms with van der Waals surface area (Å²) in [6, 6.07) is 4.19. The number of carbonyl (C=O) groups excluding carboxylic acids is 2. The summed E-state index contributed by atoms with van der Waals surface area (Å²) >= 11 is 0. The smallest absolute Gasteiger partial charge is 0.270 e. The van der Waals surface area contributed by atoms with Crippen molar-refractivity contribution < 1.29 is 9.59 Å². The second kappa shape index (κ2) is 5.89. The fourth-order valence-corrected chi connectivity index (χ4v) is 3.32. The Bertz CT molecular complexity index is 534. The molecule has 1 atom stereocenters. The lowest BCUT2D eigenvalue weighted by molar-refractivity contribution is -0.121. The van der Waals surface area contributed by atoms with Gasteiger partial charge >= 0.3 is 0 Å². The van der Waals surface area contributed by atoms with E-state index in [9.17, 15) is 9.59 Å². The van der Waals surface area contributed by atoms with Crippen LogP contribution in [0.3, 0.4) is 0 Å². The summed E-state index contributed by atoms with van der Waals surface area (Å²) in [5.41, 5.74) is 6.07. The Morgan fingerprint density at radius 2 is 2.00 bits per heavy atom. The van der Waals surface area contributed by atoms with Gasteiger partial charge in [-0.05, 0) is 44.5 Å². The van der Waals surface area contributed by atoms with Gasteiger partial charge in [0.25, 0.3) is 5.91 Å². The van der Waals surface area contributed by atoms with Gasteiger partial charge in [-0.2, -0.15) is 0 Å². The predicted molar refractivity (Wildman–Crippen MR) is 78.8 cm³/mol. The Kier molecular flexibility index (Phi) is 3.96. The van der Waals surface area contributed by atoms with Gasteiger partial charge in [0.15, 0.2) is 0 Å². The number of carbonyl (C=O) groups is 2. The van der Waals surface area contributed by atoms with Crippen molar-refractivity contribution in [3.05, 3.63) is 24.0 Å². The lowest BCUT2D eigenvalue weighted by atomic mass is 10.1. The number of hydrogen-bond donors (Lipinski definition) is 2. The highest BCUT2D eigenvalue weighted by molar-refractivity contribution is 5.93. The van der Waals surface area contributed by atoms with Gasteiger partial charge in [0.1, 0.15) is 5.69 Å². The molecule has 2 amide bonds. The third kappa shape index (κ3) is 2.81. The fourth-order valence-electron chi connectivity index (χ4n) is 3.32. The number of nitrogens with zero attached hydrogens (tertiary/aromatic N) is 2. The summed E-state index contributed by atoms with van der Waals surface area (Å²) in [4.78, 5) is 25.7. The first-order valence-corrected chi connectivity index (χ1v) is 7.63. The summed E-state index contributed by atoms with van der Waals surface area (Å²) in [7, 11) is 0. The van der Waals surface area contributed by atoms with E-state index < -0.39 is 0 Å². The lowest BCUT2D eigenvalue weighted by Gasteiger charge is -2.27. The predicted octanol–water partition coefficient (Wildman–Crippen LogP) is 0.360. The first-order chi connectivity index (χ1) is 10.2. The molecule has 6 nitrogen and oxygen atoms in total. The molecule has 2 aliphatic rings. The van der Waals surface area contributed by atoms with Crippen LogP contribution < -0.4 is 11.1 Å². The molecular formula is C15H22N4O2. The topological polar surface area (TPSA) is 80.4 Å². The van der Waals surface area contributed by atoms with Crippen LogP contribution in [0.2, 0.25) is 0 Å². The molecule has 21 heavy (non-hydrogen) atoms. The molecule has 0 aromatic carbocycles. The minimum Gasteiger partial charge on any atom is -0.369 e. The van der Waals surface area contributed by atoms with Crippen molar-refractivity contribution in [3.8, 4) is 0 Å². The second-order valence-corrected chi connectivity index (χ2v) is 5.92. The molecule has 1 aromatic heterocycles. The van der Waals surface area contributed by atoms with Gasteiger partial charge in [0.05, 0.1) is 5.92 Å². The summed E-state index contributed by atoms with van der Waals surface area (Å²) in [5.74, 6) is -0.488. The number of hydrogen-bond acceptors (Lipinski definition) is 3. The zero-order chi connectivity index (χ0) is 14.8. The van der Waals surface area contributed by atoms with Crippen LogP contribution in [0.15, 0.2) is 18.3 Å². The van der Waals surface area contributed by atoms with Crippen molar-refractivity contribution in [3.63, 3.8) is 0 Å². The summed E-state index contributed by atoms with van der Waals surface area (Å²) in [5, 5.41) is 3.34. The summed E-state index contributed by atoms with van der Waals surface area (Å²) in [6.45, 7) is 3.04. The highest BCUT2D eigenvalue weighted by Gasteiger charge is 2.31. The maximum absolute atomic E-state index is 12.7. The fraction of sp³-hybridized carbons (Fsp3) is 0.600. The van der Waals surface area contributed by atoms with Gasteiger partial charge in [-0.25, -0.2) is 0 Å². The molecular weight excluding hydrogens is 268 g/mol. The Balaban J connectivity index is 1.73. The van der Waals surface area contributed by atoms with Crippen molar-refractivity contribution in [2.24, 2.45) is 11.7 Å². The molecule has 2 fully saturated rings. The first kappa shape index (κ1) is 14.1. The standard InChI is InChI=1S/C15H22N4O2/c16-14(20)11-5-9-18(10-11)15(21)13-2-1-8-19(13)12-3-6-17-7-4-12/h1-2,8,11-12,17H,3-7,9-10H2,(H2,16,20). The van der Waals surface area contributed by atoms with Crippen LogP contribution in [-0.2, 0) is 4.79 Å². The molecule has 3 heterocycles. The number of aromatic nitrogens is 1. The van der Waals surface area contributed by atoms with Crippen LogP contribution in [0.25, 0.3) is 0 Å². The third-order valence-electron chi connectivity index (χ3n) is 4.58. The van der Waals surface area contributed by atoms with Crippen molar-refractivity contribution in [2.45, 2.75) is 25.3 Å². The average molecular weight is 290 g/mol. The van der Waals surface area contributed by atoms with Crippen molar-refractivity contribution >= 4 is 11.8 Å². The molecule has 0 aliphatic carbocycles. The largest absolute Gasteiger partial charge is 0.369 e. The number of nitrogens with two attached hydrogens (primary N) is 1. The van der Waals surface area contributed by atoms with Crippen LogP contribution in [0, 0.1) is 5.92 Å². The van der Waals surface area contributed by atoms with E-state index >= 15 is 0 Å². The molecule has 3 N–H and O–H groups in total. The molecule has 1 aromatic rings. The quantitative estimate of drug-likeness (QED) is 0.843. The normalized spacial score (nSPS) is 23.4. The lowest BCUT2D eigenvalue weighted by Crippen LogP contribution is -2.35. The Morgan fingerprint density at radius 3 is 2.67 bits per heavy atom. The number of piperidine rings is 1. The highest BCUT2D eigenvalue weighted by atomic mass is 16.2. The van der Waals surface area contributed by atoms with Crippen molar-refractivity contribution in [1.82, 2.24) is 14.8 Å². The van der Waals surface area contributed by atoms with E-state index in [1.165, 1.54) is 0 Å². The van der Waals surface area contributed by atoms with Gasteiger partial charge < -0.3 is 20.5 Å². The van der Waals surface area contributed by atoms with E-state index in [2.05, 4.69) is 9.88 Å². The van der Waals surface area contributed by atoms with Gasteiger partial charge in [-0.1, -0.05) is 0 Å². The Morgan fingerprint density at radius 1 is 1.24 bits per heavy atom. The number of nitrogens with one attached hydrogen (secondary N) is 1. The first-order valence-electron chi connectivity index (χ1n) is 7.63. The number of primary amides is 1. The number of amides is 2. The van der Waals surface area contributed by atoms with E-state index in [4.69, 9.17) is 5.73 Å². The van der Waals surface area contributed by atoms with Gasteiger partial charge in [0.2, 0.25) is 5.91 Å². The number of rotatable bonds is 3. The molecule has 0 saturated carbocycles. The maximum Gasteiger partial charge on any atom is 0.270 e. The van der Waals surface area contributed by atoms with Crippen molar-refractivity contribution in [2.75, 3.05) is 26.2 Å². The van der Waals surface area contributed by atoms with Crippen LogP contribution in [0.1, 0.15) is 35.8 Å². The minimum atomic E-state index is -0.306. The van der Waals surface area contributed by atoms with Crippen LogP contribution in [0.5, 0.6) is 0 Å². The Hall–Kier alpha value is -1.82. The molecule has 3 rings (SSSR count). The minimum absolute atomic E-state index is 0.0160. The molecule has 2 aliphatic heterocycles. The maximum atomic E-state index is 12.7. The van der Waals surface area contributed by atoms with Crippen molar-refractivity contribution in [1.29, 1.82) is 0 Å². The monoisotopic (exact) mass is 290 g/mol. The van der Waals surface area contributed by atoms with E-state index in [1.54, 1.807) is 4.90 Å². The van der Waals surface area contributed by atoms with Crippen LogP contribution >= 0.6 is 0 Å². The zero-order valence-corrected chi connectivity index (χ0v) is 12.1. The molecule has 114 valence electrons. The SMILES string of the molecule is NC(=O)C1CCN(C(=O)c2cccn2C2CCNCC2)C1.